The Bertz CT molecular complexity index is 422. The zero-order valence-corrected chi connectivity index (χ0v) is 10.0. The van der Waals surface area contributed by atoms with Crippen molar-refractivity contribution in [2.24, 2.45) is 0 Å². The summed E-state index contributed by atoms with van der Waals surface area (Å²) in [5.74, 6) is -0.154. The standard InChI is InChI=1S/C11H11Cl2NO2/c12-7-1-2-9(10(13)5-7)11(16)14-4-3-8(15)6-14/h1-2,5,8,15H,3-4,6H2/t8-/m1/s1. The highest BCUT2D eigenvalue weighted by Gasteiger charge is 2.26. The van der Waals surface area contributed by atoms with Gasteiger partial charge in [-0.25, -0.2) is 0 Å². The van der Waals surface area contributed by atoms with Crippen molar-refractivity contribution in [3.63, 3.8) is 0 Å². The number of carbonyl (C=O) groups is 1. The number of rotatable bonds is 1. The average Bonchev–Trinajstić information content (AvgIpc) is 2.64. The SMILES string of the molecule is O=C(c1ccc(Cl)cc1Cl)N1CC[C@@H](O)C1. The van der Waals surface area contributed by atoms with Gasteiger partial charge < -0.3 is 10.0 Å². The van der Waals surface area contributed by atoms with Crippen LogP contribution in [0.1, 0.15) is 16.8 Å². The van der Waals surface area contributed by atoms with Crippen LogP contribution in [-0.2, 0) is 0 Å². The predicted molar refractivity (Wildman–Crippen MR) is 63.0 cm³/mol. The number of benzene rings is 1. The Hall–Kier alpha value is -0.770. The monoisotopic (exact) mass is 259 g/mol. The quantitative estimate of drug-likeness (QED) is 0.840. The van der Waals surface area contributed by atoms with E-state index >= 15 is 0 Å². The summed E-state index contributed by atoms with van der Waals surface area (Å²) in [5, 5.41) is 10.2. The number of likely N-dealkylation sites (tertiary alicyclic amines) is 1. The van der Waals surface area contributed by atoms with Gasteiger partial charge in [0.1, 0.15) is 0 Å². The Morgan fingerprint density at radius 1 is 1.44 bits per heavy atom. The smallest absolute Gasteiger partial charge is 0.255 e. The van der Waals surface area contributed by atoms with Gasteiger partial charge in [0.2, 0.25) is 0 Å². The van der Waals surface area contributed by atoms with Crippen LogP contribution in [0.5, 0.6) is 0 Å². The van der Waals surface area contributed by atoms with Gasteiger partial charge in [-0.3, -0.25) is 4.79 Å². The number of aliphatic hydroxyl groups is 1. The zero-order valence-electron chi connectivity index (χ0n) is 8.49. The summed E-state index contributed by atoms with van der Waals surface area (Å²) in [6.45, 7) is 0.941. The molecule has 1 aliphatic rings. The lowest BCUT2D eigenvalue weighted by molar-refractivity contribution is 0.0765. The fourth-order valence-electron chi connectivity index (χ4n) is 1.76. The number of hydrogen-bond acceptors (Lipinski definition) is 2. The van der Waals surface area contributed by atoms with Gasteiger partial charge in [-0.2, -0.15) is 0 Å². The molecule has 0 unspecified atom stereocenters. The van der Waals surface area contributed by atoms with E-state index in [4.69, 9.17) is 23.2 Å². The van der Waals surface area contributed by atoms with Gasteiger partial charge in [-0.05, 0) is 24.6 Å². The van der Waals surface area contributed by atoms with E-state index in [1.165, 1.54) is 0 Å². The van der Waals surface area contributed by atoms with Gasteiger partial charge in [-0.1, -0.05) is 23.2 Å². The number of carbonyl (C=O) groups excluding carboxylic acids is 1. The highest BCUT2D eigenvalue weighted by molar-refractivity contribution is 6.36. The molecule has 1 aromatic rings. The maximum atomic E-state index is 12.0. The summed E-state index contributed by atoms with van der Waals surface area (Å²) in [6.07, 6.45) is 0.201. The Morgan fingerprint density at radius 3 is 2.75 bits per heavy atom. The van der Waals surface area contributed by atoms with Crippen LogP contribution in [0.15, 0.2) is 18.2 Å². The van der Waals surface area contributed by atoms with Crippen molar-refractivity contribution in [1.29, 1.82) is 0 Å². The summed E-state index contributed by atoms with van der Waals surface area (Å²) in [4.78, 5) is 13.6. The molecule has 1 fully saturated rings. The van der Waals surface area contributed by atoms with E-state index in [1.54, 1.807) is 23.1 Å². The van der Waals surface area contributed by atoms with Crippen molar-refractivity contribution >= 4 is 29.1 Å². The molecule has 5 heteroatoms. The maximum absolute atomic E-state index is 12.0. The summed E-state index contributed by atoms with van der Waals surface area (Å²) in [7, 11) is 0. The topological polar surface area (TPSA) is 40.5 Å². The Kier molecular flexibility index (Phi) is 3.38. The van der Waals surface area contributed by atoms with E-state index in [-0.39, 0.29) is 5.91 Å². The van der Waals surface area contributed by atoms with E-state index in [0.717, 1.165) is 0 Å². The largest absolute Gasteiger partial charge is 0.391 e. The molecule has 0 aliphatic carbocycles. The van der Waals surface area contributed by atoms with Crippen molar-refractivity contribution < 1.29 is 9.90 Å². The predicted octanol–water partition coefficient (Wildman–Crippen LogP) is 2.20. The number of aliphatic hydroxyl groups excluding tert-OH is 1. The van der Waals surface area contributed by atoms with Gasteiger partial charge in [0.15, 0.2) is 0 Å². The molecule has 1 aliphatic heterocycles. The fourth-order valence-corrected chi connectivity index (χ4v) is 2.25. The van der Waals surface area contributed by atoms with Crippen molar-refractivity contribution in [2.75, 3.05) is 13.1 Å². The van der Waals surface area contributed by atoms with Gasteiger partial charge >= 0.3 is 0 Å². The van der Waals surface area contributed by atoms with Crippen LogP contribution in [0.2, 0.25) is 10.0 Å². The highest BCUT2D eigenvalue weighted by atomic mass is 35.5. The minimum absolute atomic E-state index is 0.154. The van der Waals surface area contributed by atoms with Crippen molar-refractivity contribution in [3.05, 3.63) is 33.8 Å². The number of β-amino-alcohol motifs (C(OH)–C–C–N with tert-alkyl or cyclic N) is 1. The number of nitrogens with zero attached hydrogens (tertiary/aromatic N) is 1. The lowest BCUT2D eigenvalue weighted by atomic mass is 10.2. The van der Waals surface area contributed by atoms with E-state index < -0.39 is 6.10 Å². The van der Waals surface area contributed by atoms with Crippen LogP contribution in [-0.4, -0.2) is 35.1 Å². The molecule has 1 heterocycles. The molecule has 0 saturated carbocycles. The molecule has 2 rings (SSSR count). The van der Waals surface area contributed by atoms with Gasteiger partial charge in [-0.15, -0.1) is 0 Å². The van der Waals surface area contributed by atoms with Crippen molar-refractivity contribution in [3.8, 4) is 0 Å². The van der Waals surface area contributed by atoms with E-state index in [1.807, 2.05) is 0 Å². The Labute approximate surface area is 104 Å². The van der Waals surface area contributed by atoms with E-state index in [2.05, 4.69) is 0 Å². The molecule has 1 atom stereocenters. The number of halogens is 2. The normalized spacial score (nSPS) is 20.2. The van der Waals surface area contributed by atoms with Crippen LogP contribution in [0.3, 0.4) is 0 Å². The average molecular weight is 260 g/mol. The molecule has 0 spiro atoms. The molecule has 3 nitrogen and oxygen atoms in total. The van der Waals surface area contributed by atoms with Crippen molar-refractivity contribution in [2.45, 2.75) is 12.5 Å². The molecule has 86 valence electrons. The molecule has 0 aromatic heterocycles. The zero-order chi connectivity index (χ0) is 11.7. The first kappa shape index (κ1) is 11.7. The minimum atomic E-state index is -0.421. The van der Waals surface area contributed by atoms with Crippen LogP contribution < -0.4 is 0 Å². The number of hydrogen-bond donors (Lipinski definition) is 1. The second-order valence-corrected chi connectivity index (χ2v) is 4.66. The summed E-state index contributed by atoms with van der Waals surface area (Å²) < 4.78 is 0. The summed E-state index contributed by atoms with van der Waals surface area (Å²) in [5.41, 5.74) is 0.431. The summed E-state index contributed by atoms with van der Waals surface area (Å²) >= 11 is 11.7. The molecule has 1 saturated heterocycles. The second-order valence-electron chi connectivity index (χ2n) is 3.82. The van der Waals surface area contributed by atoms with Crippen molar-refractivity contribution in [1.82, 2.24) is 4.90 Å². The van der Waals surface area contributed by atoms with Crippen LogP contribution >= 0.6 is 23.2 Å². The molecular weight excluding hydrogens is 249 g/mol. The Balaban J connectivity index is 2.21. The van der Waals surface area contributed by atoms with Crippen LogP contribution in [0.4, 0.5) is 0 Å². The van der Waals surface area contributed by atoms with Crippen LogP contribution in [0, 0.1) is 0 Å². The lowest BCUT2D eigenvalue weighted by Crippen LogP contribution is -2.29. The van der Waals surface area contributed by atoms with Crippen LogP contribution in [0.25, 0.3) is 0 Å². The molecule has 0 bridgehead atoms. The first-order valence-corrected chi connectivity index (χ1v) is 5.76. The first-order valence-electron chi connectivity index (χ1n) is 5.00. The van der Waals surface area contributed by atoms with Gasteiger partial charge in [0.05, 0.1) is 16.7 Å². The third kappa shape index (κ3) is 2.32. The first-order chi connectivity index (χ1) is 7.58. The van der Waals surface area contributed by atoms with E-state index in [0.29, 0.717) is 35.1 Å². The second kappa shape index (κ2) is 4.62. The third-order valence-electron chi connectivity index (χ3n) is 2.61. The third-order valence-corrected chi connectivity index (χ3v) is 3.16. The number of amides is 1. The molecule has 0 radical (unpaired) electrons. The minimum Gasteiger partial charge on any atom is -0.391 e. The molecule has 1 aromatic carbocycles. The van der Waals surface area contributed by atoms with E-state index in [9.17, 15) is 9.90 Å². The molecule has 16 heavy (non-hydrogen) atoms. The molecular formula is C11H11Cl2NO2. The summed E-state index contributed by atoms with van der Waals surface area (Å²) in [6, 6.07) is 4.79. The van der Waals surface area contributed by atoms with Gasteiger partial charge in [0.25, 0.3) is 5.91 Å². The molecule has 1 N–H and O–H groups in total. The van der Waals surface area contributed by atoms with Gasteiger partial charge in [0, 0.05) is 18.1 Å². The molecule has 1 amide bonds. The Morgan fingerprint density at radius 2 is 2.19 bits per heavy atom. The fraction of sp³-hybridized carbons (Fsp3) is 0.364. The maximum Gasteiger partial charge on any atom is 0.255 e. The lowest BCUT2D eigenvalue weighted by Gasteiger charge is -2.16. The highest BCUT2D eigenvalue weighted by Crippen LogP contribution is 2.23.